The van der Waals surface area contributed by atoms with E-state index in [0.29, 0.717) is 34.6 Å². The molecule has 1 aliphatic carbocycles. The summed E-state index contributed by atoms with van der Waals surface area (Å²) < 4.78 is 5.39. The second kappa shape index (κ2) is 6.90. The summed E-state index contributed by atoms with van der Waals surface area (Å²) in [7, 11) is 0. The smallest absolute Gasteiger partial charge is 0.346 e. The fourth-order valence-corrected chi connectivity index (χ4v) is 3.93. The summed E-state index contributed by atoms with van der Waals surface area (Å²) in [5.74, 6) is 1.15. The molecule has 0 atom stereocenters. The fourth-order valence-electron chi connectivity index (χ4n) is 3.93. The molecule has 1 fully saturated rings. The Kier molecular flexibility index (Phi) is 4.45. The number of anilines is 1. The van der Waals surface area contributed by atoms with Gasteiger partial charge in [0.1, 0.15) is 11.4 Å². The lowest BCUT2D eigenvalue weighted by Crippen LogP contribution is -2.14. The van der Waals surface area contributed by atoms with E-state index in [1.54, 1.807) is 12.1 Å². The number of benzene rings is 1. The van der Waals surface area contributed by atoms with E-state index in [-0.39, 0.29) is 5.91 Å². The molecule has 0 aliphatic heterocycles. The van der Waals surface area contributed by atoms with Crippen LogP contribution in [0, 0.1) is 12.8 Å². The number of amides is 1. The maximum Gasteiger partial charge on any atom is 0.346 e. The zero-order chi connectivity index (χ0) is 18.1. The number of hydrogen-bond donors (Lipinski definition) is 1. The number of para-hydroxylation sites is 1. The van der Waals surface area contributed by atoms with Gasteiger partial charge in [0.2, 0.25) is 5.91 Å². The monoisotopic (exact) mass is 350 g/mol. The highest BCUT2D eigenvalue weighted by Crippen LogP contribution is 2.29. The van der Waals surface area contributed by atoms with Crippen molar-refractivity contribution in [3.8, 4) is 0 Å². The summed E-state index contributed by atoms with van der Waals surface area (Å²) in [6.45, 7) is 1.84. The molecular weight excluding hydrogens is 328 g/mol. The fraction of sp³-hybridized carbons (Fsp3) is 0.381. The number of carbonyl (C=O) groups is 1. The average molecular weight is 350 g/mol. The van der Waals surface area contributed by atoms with Crippen molar-refractivity contribution in [2.24, 2.45) is 5.92 Å². The number of hydrogen-bond acceptors (Lipinski definition) is 4. The molecule has 4 rings (SSSR count). The van der Waals surface area contributed by atoms with Crippen molar-refractivity contribution in [2.45, 2.75) is 45.4 Å². The van der Waals surface area contributed by atoms with Crippen LogP contribution in [0.3, 0.4) is 0 Å². The Hall–Kier alpha value is -2.69. The van der Waals surface area contributed by atoms with Crippen molar-refractivity contribution >= 4 is 33.6 Å². The molecule has 1 aliphatic rings. The molecule has 0 bridgehead atoms. The Morgan fingerprint density at radius 1 is 1.27 bits per heavy atom. The number of rotatable bonds is 4. The second-order valence-corrected chi connectivity index (χ2v) is 7.17. The predicted octanol–water partition coefficient (Wildman–Crippen LogP) is 4.56. The summed E-state index contributed by atoms with van der Waals surface area (Å²) in [5, 5.41) is 4.14. The molecule has 3 aromatic rings. The van der Waals surface area contributed by atoms with Crippen LogP contribution in [-0.2, 0) is 4.79 Å². The minimum atomic E-state index is -0.400. The molecule has 5 heteroatoms. The Balaban J connectivity index is 1.64. The van der Waals surface area contributed by atoms with Crippen molar-refractivity contribution in [2.75, 3.05) is 5.32 Å². The van der Waals surface area contributed by atoms with Gasteiger partial charge >= 0.3 is 5.63 Å². The molecule has 1 amide bonds. The SMILES string of the molecule is Cc1cc(NC(=O)CCC2CCCC2)nc2c1c(=O)oc1ccccc12. The summed E-state index contributed by atoms with van der Waals surface area (Å²) >= 11 is 0. The topological polar surface area (TPSA) is 72.2 Å². The predicted molar refractivity (Wildman–Crippen MR) is 102 cm³/mol. The number of fused-ring (bicyclic) bond motifs is 3. The summed E-state index contributed by atoms with van der Waals surface area (Å²) in [6, 6.07) is 9.06. The molecular formula is C21H22N2O3. The standard InChI is InChI=1S/C21H22N2O3/c1-13-12-17(22-18(24)11-10-14-6-2-3-7-14)23-20-15-8-4-5-9-16(15)26-21(25)19(13)20/h4-5,8-9,12,14H,2-3,6-7,10-11H2,1H3,(H,22,23,24). The van der Waals surface area contributed by atoms with Gasteiger partial charge in [-0.2, -0.15) is 0 Å². The van der Waals surface area contributed by atoms with Crippen molar-refractivity contribution in [3.05, 3.63) is 46.3 Å². The molecule has 0 unspecified atom stereocenters. The first-order valence-electron chi connectivity index (χ1n) is 9.25. The summed E-state index contributed by atoms with van der Waals surface area (Å²) in [6.07, 6.45) is 6.50. The lowest BCUT2D eigenvalue weighted by atomic mass is 10.0. The Morgan fingerprint density at radius 3 is 2.85 bits per heavy atom. The molecule has 26 heavy (non-hydrogen) atoms. The molecule has 134 valence electrons. The van der Waals surface area contributed by atoms with Crippen LogP contribution in [0.5, 0.6) is 0 Å². The Morgan fingerprint density at radius 2 is 2.04 bits per heavy atom. The highest BCUT2D eigenvalue weighted by atomic mass is 16.4. The van der Waals surface area contributed by atoms with Crippen LogP contribution in [0.2, 0.25) is 0 Å². The van der Waals surface area contributed by atoms with Gasteiger partial charge in [-0.1, -0.05) is 37.8 Å². The van der Waals surface area contributed by atoms with Crippen LogP contribution < -0.4 is 10.9 Å². The molecule has 2 aromatic heterocycles. The lowest BCUT2D eigenvalue weighted by Gasteiger charge is -2.11. The van der Waals surface area contributed by atoms with Gasteiger partial charge in [-0.25, -0.2) is 9.78 Å². The lowest BCUT2D eigenvalue weighted by molar-refractivity contribution is -0.116. The van der Waals surface area contributed by atoms with E-state index in [0.717, 1.165) is 17.4 Å². The van der Waals surface area contributed by atoms with Crippen molar-refractivity contribution < 1.29 is 9.21 Å². The highest BCUT2D eigenvalue weighted by Gasteiger charge is 2.17. The van der Waals surface area contributed by atoms with Gasteiger partial charge in [-0.15, -0.1) is 0 Å². The molecule has 0 spiro atoms. The van der Waals surface area contributed by atoms with Gasteiger partial charge in [0.25, 0.3) is 0 Å². The minimum Gasteiger partial charge on any atom is -0.422 e. The second-order valence-electron chi connectivity index (χ2n) is 7.17. The third kappa shape index (κ3) is 3.21. The minimum absolute atomic E-state index is 0.0181. The summed E-state index contributed by atoms with van der Waals surface area (Å²) in [4.78, 5) is 29.2. The molecule has 1 aromatic carbocycles. The van der Waals surface area contributed by atoms with Crippen molar-refractivity contribution in [1.29, 1.82) is 0 Å². The third-order valence-electron chi connectivity index (χ3n) is 5.29. The molecule has 5 nitrogen and oxygen atoms in total. The van der Waals surface area contributed by atoms with Gasteiger partial charge < -0.3 is 9.73 Å². The van der Waals surface area contributed by atoms with E-state index >= 15 is 0 Å². The van der Waals surface area contributed by atoms with Gasteiger partial charge in [0.05, 0.1) is 10.9 Å². The third-order valence-corrected chi connectivity index (χ3v) is 5.29. The van der Waals surface area contributed by atoms with Crippen LogP contribution in [0.4, 0.5) is 5.82 Å². The summed E-state index contributed by atoms with van der Waals surface area (Å²) in [5.41, 5.74) is 1.42. The van der Waals surface area contributed by atoms with E-state index in [4.69, 9.17) is 4.42 Å². The zero-order valence-electron chi connectivity index (χ0n) is 14.9. The molecule has 1 N–H and O–H groups in total. The van der Waals surface area contributed by atoms with E-state index in [1.165, 1.54) is 25.7 Å². The van der Waals surface area contributed by atoms with Crippen LogP contribution in [-0.4, -0.2) is 10.9 Å². The van der Waals surface area contributed by atoms with Crippen molar-refractivity contribution in [3.63, 3.8) is 0 Å². The van der Waals surface area contributed by atoms with Crippen LogP contribution in [0.1, 0.15) is 44.1 Å². The number of aryl methyl sites for hydroxylation is 1. The Bertz CT molecular complexity index is 1030. The van der Waals surface area contributed by atoms with E-state index < -0.39 is 5.63 Å². The van der Waals surface area contributed by atoms with E-state index in [1.807, 2.05) is 25.1 Å². The van der Waals surface area contributed by atoms with Gasteiger partial charge in [-0.05, 0) is 43.0 Å². The number of nitrogens with one attached hydrogen (secondary N) is 1. The van der Waals surface area contributed by atoms with Crippen molar-refractivity contribution in [1.82, 2.24) is 4.98 Å². The average Bonchev–Trinajstić information content (AvgIpc) is 3.13. The zero-order valence-corrected chi connectivity index (χ0v) is 14.9. The van der Waals surface area contributed by atoms with E-state index in [9.17, 15) is 9.59 Å². The van der Waals surface area contributed by atoms with E-state index in [2.05, 4.69) is 10.3 Å². The van der Waals surface area contributed by atoms with Crippen LogP contribution >= 0.6 is 0 Å². The molecule has 0 saturated heterocycles. The van der Waals surface area contributed by atoms with Crippen LogP contribution in [0.25, 0.3) is 21.9 Å². The Labute approximate surface area is 151 Å². The first-order valence-corrected chi connectivity index (χ1v) is 9.25. The first-order chi connectivity index (χ1) is 12.6. The quantitative estimate of drug-likeness (QED) is 0.553. The van der Waals surface area contributed by atoms with Crippen LogP contribution in [0.15, 0.2) is 39.5 Å². The van der Waals surface area contributed by atoms with Gasteiger partial charge in [-0.3, -0.25) is 4.79 Å². The maximum absolute atomic E-state index is 12.3. The van der Waals surface area contributed by atoms with Gasteiger partial charge in [0, 0.05) is 11.8 Å². The molecule has 0 radical (unpaired) electrons. The number of carbonyl (C=O) groups excluding carboxylic acids is 1. The number of pyridine rings is 1. The maximum atomic E-state index is 12.3. The normalized spacial score (nSPS) is 15.0. The number of nitrogens with zero attached hydrogens (tertiary/aromatic N) is 1. The molecule has 1 saturated carbocycles. The largest absolute Gasteiger partial charge is 0.422 e. The highest BCUT2D eigenvalue weighted by molar-refractivity contribution is 6.04. The molecule has 2 heterocycles. The van der Waals surface area contributed by atoms with Gasteiger partial charge in [0.15, 0.2) is 0 Å². The first kappa shape index (κ1) is 16.8. The number of aromatic nitrogens is 1.